The second-order valence-corrected chi connectivity index (χ2v) is 6.80. The highest BCUT2D eigenvalue weighted by molar-refractivity contribution is 5.82. The van der Waals surface area contributed by atoms with E-state index in [4.69, 9.17) is 9.47 Å². The molecular weight excluding hydrogens is 296 g/mol. The molecule has 1 saturated heterocycles. The maximum Gasteiger partial charge on any atom is 0.411 e. The van der Waals surface area contributed by atoms with Gasteiger partial charge in [-0.2, -0.15) is 0 Å². The van der Waals surface area contributed by atoms with Crippen LogP contribution in [0.1, 0.15) is 32.9 Å². The molecule has 0 spiro atoms. The Kier molecular flexibility index (Phi) is 5.23. The molecule has 2 heterocycles. The first-order chi connectivity index (χ1) is 10.8. The summed E-state index contributed by atoms with van der Waals surface area (Å²) in [5, 5.41) is 0. The number of carbonyl (C=O) groups excluding carboxylic acids is 2. The lowest BCUT2D eigenvalue weighted by Gasteiger charge is -2.27. The van der Waals surface area contributed by atoms with Crippen LogP contribution in [0.2, 0.25) is 0 Å². The largest absolute Gasteiger partial charge is 0.467 e. The predicted octanol–water partition coefficient (Wildman–Crippen LogP) is 2.42. The van der Waals surface area contributed by atoms with Crippen LogP contribution in [0.15, 0.2) is 24.4 Å². The van der Waals surface area contributed by atoms with E-state index < -0.39 is 23.7 Å². The molecule has 2 rings (SSSR count). The normalized spacial score (nSPS) is 21.1. The Morgan fingerprint density at radius 1 is 1.35 bits per heavy atom. The van der Waals surface area contributed by atoms with Gasteiger partial charge in [0.25, 0.3) is 0 Å². The average molecular weight is 320 g/mol. The summed E-state index contributed by atoms with van der Waals surface area (Å²) in [4.78, 5) is 30.2. The minimum Gasteiger partial charge on any atom is -0.467 e. The molecule has 6 heteroatoms. The number of hydrogen-bond acceptors (Lipinski definition) is 5. The summed E-state index contributed by atoms with van der Waals surface area (Å²) in [6, 6.07) is 5.15. The van der Waals surface area contributed by atoms with Crippen molar-refractivity contribution in [1.29, 1.82) is 0 Å². The Morgan fingerprint density at radius 3 is 2.65 bits per heavy atom. The SMILES string of the molecule is COC(=O)[C@@H]1CC(Cc2ccccn2)CN1C(=O)OC(C)(C)C. The van der Waals surface area contributed by atoms with Crippen LogP contribution in [0.3, 0.4) is 0 Å². The Bertz CT molecular complexity index is 553. The van der Waals surface area contributed by atoms with Crippen molar-refractivity contribution in [1.82, 2.24) is 9.88 Å². The molecule has 0 N–H and O–H groups in total. The Balaban J connectivity index is 2.09. The second kappa shape index (κ2) is 6.98. The number of methoxy groups -OCH3 is 1. The molecule has 6 nitrogen and oxygen atoms in total. The summed E-state index contributed by atoms with van der Waals surface area (Å²) in [5.74, 6) is -0.249. The fourth-order valence-corrected chi connectivity index (χ4v) is 2.77. The van der Waals surface area contributed by atoms with Crippen LogP contribution >= 0.6 is 0 Å². The zero-order chi connectivity index (χ0) is 17.0. The first-order valence-electron chi connectivity index (χ1n) is 7.77. The van der Waals surface area contributed by atoms with Crippen LogP contribution in [0, 0.1) is 5.92 Å². The minimum absolute atomic E-state index is 0.154. The van der Waals surface area contributed by atoms with Crippen molar-refractivity contribution in [3.8, 4) is 0 Å². The average Bonchev–Trinajstić information content (AvgIpc) is 2.90. The lowest BCUT2D eigenvalue weighted by atomic mass is 9.99. The van der Waals surface area contributed by atoms with E-state index in [1.165, 1.54) is 12.0 Å². The molecule has 126 valence electrons. The standard InChI is InChI=1S/C17H24N2O4/c1-17(2,3)23-16(21)19-11-12(10-14(19)15(20)22-4)9-13-7-5-6-8-18-13/h5-8,12,14H,9-11H2,1-4H3/t12?,14-/m0/s1. The zero-order valence-electron chi connectivity index (χ0n) is 14.1. The van der Waals surface area contributed by atoms with Crippen LogP contribution in [0.25, 0.3) is 0 Å². The summed E-state index contributed by atoms with van der Waals surface area (Å²) in [6.07, 6.45) is 2.54. The monoisotopic (exact) mass is 320 g/mol. The van der Waals surface area contributed by atoms with E-state index in [1.807, 2.05) is 18.2 Å². The molecule has 1 unspecified atom stereocenters. The Labute approximate surface area is 136 Å². The van der Waals surface area contributed by atoms with Crippen molar-refractivity contribution in [2.75, 3.05) is 13.7 Å². The van der Waals surface area contributed by atoms with Gasteiger partial charge >= 0.3 is 12.1 Å². The summed E-state index contributed by atoms with van der Waals surface area (Å²) in [5.41, 5.74) is 0.351. The van der Waals surface area contributed by atoms with Crippen molar-refractivity contribution in [3.05, 3.63) is 30.1 Å². The van der Waals surface area contributed by atoms with Gasteiger partial charge in [0, 0.05) is 18.4 Å². The Hall–Kier alpha value is -2.11. The number of aromatic nitrogens is 1. The minimum atomic E-state index is -0.600. The highest BCUT2D eigenvalue weighted by Crippen LogP contribution is 2.28. The lowest BCUT2D eigenvalue weighted by molar-refractivity contribution is -0.145. The first-order valence-corrected chi connectivity index (χ1v) is 7.77. The number of nitrogens with zero attached hydrogens (tertiary/aromatic N) is 2. The summed E-state index contributed by atoms with van der Waals surface area (Å²) >= 11 is 0. The smallest absolute Gasteiger partial charge is 0.411 e. The quantitative estimate of drug-likeness (QED) is 0.800. The van der Waals surface area contributed by atoms with Crippen molar-refractivity contribution in [2.45, 2.75) is 45.3 Å². The maximum absolute atomic E-state index is 12.4. The molecule has 1 aromatic rings. The van der Waals surface area contributed by atoms with Gasteiger partial charge < -0.3 is 9.47 Å². The summed E-state index contributed by atoms with van der Waals surface area (Å²) in [6.45, 7) is 5.88. The highest BCUT2D eigenvalue weighted by Gasteiger charge is 2.42. The molecule has 2 atom stereocenters. The molecule has 1 aliphatic heterocycles. The summed E-state index contributed by atoms with van der Waals surface area (Å²) in [7, 11) is 1.34. The van der Waals surface area contributed by atoms with Gasteiger partial charge in [-0.05, 0) is 51.7 Å². The predicted molar refractivity (Wildman–Crippen MR) is 84.8 cm³/mol. The lowest BCUT2D eigenvalue weighted by Crippen LogP contribution is -2.43. The van der Waals surface area contributed by atoms with Crippen LogP contribution in [0.5, 0.6) is 0 Å². The van der Waals surface area contributed by atoms with E-state index in [1.54, 1.807) is 27.0 Å². The molecular formula is C17H24N2O4. The van der Waals surface area contributed by atoms with Crippen molar-refractivity contribution in [3.63, 3.8) is 0 Å². The van der Waals surface area contributed by atoms with Gasteiger partial charge in [0.2, 0.25) is 0 Å². The topological polar surface area (TPSA) is 68.7 Å². The van der Waals surface area contributed by atoms with Crippen LogP contribution in [0.4, 0.5) is 4.79 Å². The van der Waals surface area contributed by atoms with Gasteiger partial charge in [-0.3, -0.25) is 9.88 Å². The number of likely N-dealkylation sites (tertiary alicyclic amines) is 1. The second-order valence-electron chi connectivity index (χ2n) is 6.80. The molecule has 1 aromatic heterocycles. The van der Waals surface area contributed by atoms with Crippen molar-refractivity contribution >= 4 is 12.1 Å². The van der Waals surface area contributed by atoms with Crippen molar-refractivity contribution < 1.29 is 19.1 Å². The van der Waals surface area contributed by atoms with E-state index in [2.05, 4.69) is 4.98 Å². The third-order valence-electron chi connectivity index (χ3n) is 3.71. The molecule has 1 fully saturated rings. The fraction of sp³-hybridized carbons (Fsp3) is 0.588. The number of hydrogen-bond donors (Lipinski definition) is 0. The van der Waals surface area contributed by atoms with Gasteiger partial charge in [-0.1, -0.05) is 6.07 Å². The fourth-order valence-electron chi connectivity index (χ4n) is 2.77. The molecule has 0 aromatic carbocycles. The number of amides is 1. The molecule has 23 heavy (non-hydrogen) atoms. The number of pyridine rings is 1. The van der Waals surface area contributed by atoms with E-state index >= 15 is 0 Å². The summed E-state index contributed by atoms with van der Waals surface area (Å²) < 4.78 is 10.2. The first kappa shape index (κ1) is 17.2. The molecule has 0 aliphatic carbocycles. The van der Waals surface area contributed by atoms with E-state index in [9.17, 15) is 9.59 Å². The van der Waals surface area contributed by atoms with E-state index in [0.717, 1.165) is 5.69 Å². The molecule has 0 radical (unpaired) electrons. The van der Waals surface area contributed by atoms with Crippen LogP contribution in [-0.2, 0) is 20.7 Å². The Morgan fingerprint density at radius 2 is 2.09 bits per heavy atom. The van der Waals surface area contributed by atoms with Crippen LogP contribution < -0.4 is 0 Å². The number of esters is 1. The highest BCUT2D eigenvalue weighted by atomic mass is 16.6. The van der Waals surface area contributed by atoms with E-state index in [0.29, 0.717) is 19.4 Å². The molecule has 0 saturated carbocycles. The van der Waals surface area contributed by atoms with E-state index in [-0.39, 0.29) is 5.92 Å². The number of ether oxygens (including phenoxy) is 2. The van der Waals surface area contributed by atoms with Gasteiger partial charge in [0.15, 0.2) is 0 Å². The van der Waals surface area contributed by atoms with Gasteiger partial charge in [-0.15, -0.1) is 0 Å². The van der Waals surface area contributed by atoms with Gasteiger partial charge in [0.05, 0.1) is 7.11 Å². The van der Waals surface area contributed by atoms with Gasteiger partial charge in [-0.25, -0.2) is 9.59 Å². The third-order valence-corrected chi connectivity index (χ3v) is 3.71. The number of rotatable bonds is 3. The van der Waals surface area contributed by atoms with Crippen LogP contribution in [-0.4, -0.2) is 47.2 Å². The molecule has 0 bridgehead atoms. The third kappa shape index (κ3) is 4.68. The number of carbonyl (C=O) groups is 2. The molecule has 1 aliphatic rings. The van der Waals surface area contributed by atoms with Gasteiger partial charge in [0.1, 0.15) is 11.6 Å². The van der Waals surface area contributed by atoms with Crippen molar-refractivity contribution in [2.24, 2.45) is 5.92 Å². The maximum atomic E-state index is 12.4. The molecule has 1 amide bonds. The zero-order valence-corrected chi connectivity index (χ0v) is 14.1.